The molecule has 28 heavy (non-hydrogen) atoms. The van der Waals surface area contributed by atoms with Crippen LogP contribution in [0.3, 0.4) is 0 Å². The molecule has 8 heteroatoms. The molecule has 1 aliphatic rings. The monoisotopic (exact) mass is 372 g/mol. The zero-order valence-corrected chi connectivity index (χ0v) is 14.9. The second-order valence-corrected chi connectivity index (χ2v) is 6.74. The number of aromatic nitrogens is 5. The topological polar surface area (TPSA) is 93.0 Å². The van der Waals surface area contributed by atoms with Crippen molar-refractivity contribution in [3.63, 3.8) is 0 Å². The van der Waals surface area contributed by atoms with E-state index in [2.05, 4.69) is 20.1 Å². The molecule has 1 fully saturated rings. The molecule has 5 heterocycles. The molecule has 138 valence electrons. The largest absolute Gasteiger partial charge is 0.432 e. The van der Waals surface area contributed by atoms with E-state index in [1.54, 1.807) is 6.20 Å². The fourth-order valence-corrected chi connectivity index (χ4v) is 3.74. The lowest BCUT2D eigenvalue weighted by Gasteiger charge is -2.27. The number of furan rings is 1. The highest BCUT2D eigenvalue weighted by Gasteiger charge is 2.23. The molecule has 1 aliphatic heterocycles. The minimum atomic E-state index is 0.569. The average Bonchev–Trinajstić information content (AvgIpc) is 3.38. The SMILES string of the molecule is c1cc(-c2nc(N3CCOCC3)c3oc4ncccc4c3n2)c2cn[nH]c2c1. The number of aromatic amines is 1. The highest BCUT2D eigenvalue weighted by molar-refractivity contribution is 6.06. The van der Waals surface area contributed by atoms with Crippen molar-refractivity contribution in [2.45, 2.75) is 0 Å². The van der Waals surface area contributed by atoms with Gasteiger partial charge in [-0.2, -0.15) is 5.10 Å². The van der Waals surface area contributed by atoms with E-state index >= 15 is 0 Å². The zero-order valence-electron chi connectivity index (χ0n) is 14.9. The highest BCUT2D eigenvalue weighted by Crippen LogP contribution is 2.35. The molecule has 0 amide bonds. The summed E-state index contributed by atoms with van der Waals surface area (Å²) in [6, 6.07) is 9.86. The lowest BCUT2D eigenvalue weighted by Crippen LogP contribution is -2.37. The predicted molar refractivity (Wildman–Crippen MR) is 105 cm³/mol. The van der Waals surface area contributed by atoms with Crippen LogP contribution in [-0.4, -0.2) is 51.5 Å². The Morgan fingerprint density at radius 2 is 1.93 bits per heavy atom. The van der Waals surface area contributed by atoms with Gasteiger partial charge >= 0.3 is 0 Å². The average molecular weight is 372 g/mol. The van der Waals surface area contributed by atoms with Gasteiger partial charge in [-0.05, 0) is 18.2 Å². The molecule has 1 saturated heterocycles. The Morgan fingerprint density at radius 1 is 1.00 bits per heavy atom. The maximum atomic E-state index is 6.06. The number of ether oxygens (including phenoxy) is 1. The van der Waals surface area contributed by atoms with Gasteiger partial charge in [-0.1, -0.05) is 12.1 Å². The van der Waals surface area contributed by atoms with Gasteiger partial charge in [0, 0.05) is 30.2 Å². The normalized spacial score (nSPS) is 15.1. The van der Waals surface area contributed by atoms with Gasteiger partial charge in [0.1, 0.15) is 5.52 Å². The first-order valence-electron chi connectivity index (χ1n) is 9.19. The first-order valence-corrected chi connectivity index (χ1v) is 9.19. The highest BCUT2D eigenvalue weighted by atomic mass is 16.5. The number of rotatable bonds is 2. The standard InChI is InChI=1S/C20H16N6O2/c1-3-12(14-11-22-25-15(14)5-1)18-23-16-13-4-2-6-21-20(13)28-17(16)19(24-18)26-7-9-27-10-8-26/h1-6,11H,7-10H2,(H,22,25). The molecule has 0 radical (unpaired) electrons. The maximum absolute atomic E-state index is 6.06. The van der Waals surface area contributed by atoms with Crippen LogP contribution < -0.4 is 4.90 Å². The van der Waals surface area contributed by atoms with Gasteiger partial charge in [0.05, 0.1) is 30.3 Å². The summed E-state index contributed by atoms with van der Waals surface area (Å²) in [7, 11) is 0. The minimum Gasteiger partial charge on any atom is -0.432 e. The second kappa shape index (κ2) is 6.00. The molecular weight excluding hydrogens is 356 g/mol. The summed E-state index contributed by atoms with van der Waals surface area (Å²) in [5.74, 6) is 1.43. The van der Waals surface area contributed by atoms with Crippen molar-refractivity contribution in [3.05, 3.63) is 42.7 Å². The third-order valence-corrected chi connectivity index (χ3v) is 5.11. The van der Waals surface area contributed by atoms with Crippen molar-refractivity contribution >= 4 is 38.9 Å². The fourth-order valence-electron chi connectivity index (χ4n) is 3.74. The number of H-pyrrole nitrogens is 1. The van der Waals surface area contributed by atoms with Crippen molar-refractivity contribution in [2.75, 3.05) is 31.2 Å². The summed E-state index contributed by atoms with van der Waals surface area (Å²) in [5.41, 5.74) is 3.89. The fraction of sp³-hybridized carbons (Fsp3) is 0.200. The Labute approximate surface area is 159 Å². The smallest absolute Gasteiger partial charge is 0.229 e. The molecule has 0 saturated carbocycles. The summed E-state index contributed by atoms with van der Waals surface area (Å²) in [4.78, 5) is 16.3. The first-order chi connectivity index (χ1) is 13.9. The van der Waals surface area contributed by atoms with Crippen LogP contribution in [0.1, 0.15) is 0 Å². The van der Waals surface area contributed by atoms with Crippen molar-refractivity contribution in [3.8, 4) is 11.4 Å². The Kier molecular flexibility index (Phi) is 3.33. The summed E-state index contributed by atoms with van der Waals surface area (Å²) in [6.45, 7) is 2.84. The summed E-state index contributed by atoms with van der Waals surface area (Å²) in [5, 5.41) is 9.05. The minimum absolute atomic E-state index is 0.569. The number of pyridine rings is 1. The number of hydrogen-bond donors (Lipinski definition) is 1. The number of anilines is 1. The third kappa shape index (κ3) is 2.28. The van der Waals surface area contributed by atoms with E-state index in [9.17, 15) is 0 Å². The molecule has 0 atom stereocenters. The number of morpholine rings is 1. The van der Waals surface area contributed by atoms with Crippen molar-refractivity contribution in [2.24, 2.45) is 0 Å². The maximum Gasteiger partial charge on any atom is 0.229 e. The summed E-state index contributed by atoms with van der Waals surface area (Å²) < 4.78 is 11.6. The molecule has 1 N–H and O–H groups in total. The van der Waals surface area contributed by atoms with Crippen molar-refractivity contribution in [1.82, 2.24) is 25.1 Å². The van der Waals surface area contributed by atoms with Gasteiger partial charge in [0.2, 0.25) is 5.71 Å². The van der Waals surface area contributed by atoms with Gasteiger partial charge in [-0.15, -0.1) is 0 Å². The Bertz CT molecular complexity index is 1320. The Hall–Kier alpha value is -3.52. The molecule has 0 aliphatic carbocycles. The molecule has 8 nitrogen and oxygen atoms in total. The van der Waals surface area contributed by atoms with Gasteiger partial charge in [-0.3, -0.25) is 5.10 Å². The van der Waals surface area contributed by atoms with Gasteiger partial charge < -0.3 is 14.1 Å². The number of hydrogen-bond acceptors (Lipinski definition) is 7. The molecule has 0 spiro atoms. The Morgan fingerprint density at radius 3 is 2.86 bits per heavy atom. The second-order valence-electron chi connectivity index (χ2n) is 6.74. The van der Waals surface area contributed by atoms with Gasteiger partial charge in [0.25, 0.3) is 0 Å². The van der Waals surface area contributed by atoms with Crippen LogP contribution in [0.5, 0.6) is 0 Å². The van der Waals surface area contributed by atoms with Crippen LogP contribution in [0.15, 0.2) is 47.1 Å². The molecule has 0 bridgehead atoms. The van der Waals surface area contributed by atoms with E-state index in [1.165, 1.54) is 0 Å². The first kappa shape index (κ1) is 15.5. The van der Waals surface area contributed by atoms with Crippen LogP contribution >= 0.6 is 0 Å². The van der Waals surface area contributed by atoms with E-state index in [4.69, 9.17) is 19.1 Å². The molecule has 5 aromatic rings. The van der Waals surface area contributed by atoms with Crippen molar-refractivity contribution < 1.29 is 9.15 Å². The van der Waals surface area contributed by atoms with E-state index in [0.717, 1.165) is 46.3 Å². The van der Waals surface area contributed by atoms with E-state index in [-0.39, 0.29) is 0 Å². The number of nitrogens with zero attached hydrogens (tertiary/aromatic N) is 5. The van der Waals surface area contributed by atoms with Crippen LogP contribution in [-0.2, 0) is 4.74 Å². The molecule has 0 unspecified atom stereocenters. The van der Waals surface area contributed by atoms with E-state index in [1.807, 2.05) is 36.5 Å². The van der Waals surface area contributed by atoms with Gasteiger partial charge in [-0.25, -0.2) is 15.0 Å². The van der Waals surface area contributed by atoms with Crippen LogP contribution in [0.4, 0.5) is 5.82 Å². The zero-order chi connectivity index (χ0) is 18.5. The van der Waals surface area contributed by atoms with Crippen LogP contribution in [0.2, 0.25) is 0 Å². The van der Waals surface area contributed by atoms with E-state index in [0.29, 0.717) is 30.3 Å². The molecule has 1 aromatic carbocycles. The lowest BCUT2D eigenvalue weighted by atomic mass is 10.1. The van der Waals surface area contributed by atoms with E-state index < -0.39 is 0 Å². The van der Waals surface area contributed by atoms with Crippen molar-refractivity contribution in [1.29, 1.82) is 0 Å². The molecule has 6 rings (SSSR count). The third-order valence-electron chi connectivity index (χ3n) is 5.11. The summed E-state index contributed by atoms with van der Waals surface area (Å²) in [6.07, 6.45) is 3.53. The predicted octanol–water partition coefficient (Wildman–Crippen LogP) is 3.15. The van der Waals surface area contributed by atoms with Crippen LogP contribution in [0, 0.1) is 0 Å². The van der Waals surface area contributed by atoms with Crippen LogP contribution in [0.25, 0.3) is 44.5 Å². The number of nitrogens with one attached hydrogen (secondary N) is 1. The number of fused-ring (bicyclic) bond motifs is 4. The lowest BCUT2D eigenvalue weighted by molar-refractivity contribution is 0.122. The molecule has 4 aromatic heterocycles. The summed E-state index contributed by atoms with van der Waals surface area (Å²) >= 11 is 0. The quantitative estimate of drug-likeness (QED) is 0.509. The number of benzene rings is 1. The Balaban J connectivity index is 1.67. The molecular formula is C20H16N6O2. The van der Waals surface area contributed by atoms with Gasteiger partial charge in [0.15, 0.2) is 17.2 Å².